The Balaban J connectivity index is 3.64. The van der Waals surface area contributed by atoms with Crippen molar-refractivity contribution in [3.8, 4) is 0 Å². The van der Waals surface area contributed by atoms with Crippen molar-refractivity contribution in [2.24, 2.45) is 5.92 Å². The molecule has 78 valence electrons. The van der Waals surface area contributed by atoms with Gasteiger partial charge in [-0.2, -0.15) is 0 Å². The van der Waals surface area contributed by atoms with E-state index in [0.717, 1.165) is 5.33 Å². The minimum Gasteiger partial charge on any atom is -0.444 e. The van der Waals surface area contributed by atoms with Crippen LogP contribution < -0.4 is 5.32 Å². The minimum absolute atomic E-state index is 0.347. The van der Waals surface area contributed by atoms with E-state index in [9.17, 15) is 4.79 Å². The first-order valence-corrected chi connectivity index (χ1v) is 5.50. The predicted octanol–water partition coefficient (Wildman–Crippen LogP) is 2.54. The van der Waals surface area contributed by atoms with Crippen LogP contribution in [-0.4, -0.2) is 23.6 Å². The van der Waals surface area contributed by atoms with Crippen LogP contribution in [0.4, 0.5) is 4.79 Å². The Morgan fingerprint density at radius 3 is 2.46 bits per heavy atom. The molecule has 1 N–H and O–H groups in total. The van der Waals surface area contributed by atoms with Gasteiger partial charge in [0, 0.05) is 11.9 Å². The lowest BCUT2D eigenvalue weighted by Gasteiger charge is -2.20. The lowest BCUT2D eigenvalue weighted by atomic mass is 10.2. The lowest BCUT2D eigenvalue weighted by molar-refractivity contribution is 0.0522. The highest BCUT2D eigenvalue weighted by molar-refractivity contribution is 9.09. The Labute approximate surface area is 88.4 Å². The van der Waals surface area contributed by atoms with Crippen molar-refractivity contribution in [2.45, 2.75) is 33.3 Å². The van der Waals surface area contributed by atoms with Crippen LogP contribution in [0.15, 0.2) is 0 Å². The van der Waals surface area contributed by atoms with Gasteiger partial charge in [0.05, 0.1) is 0 Å². The molecule has 0 saturated carbocycles. The molecule has 0 aliphatic carbocycles. The van der Waals surface area contributed by atoms with Crippen molar-refractivity contribution in [2.75, 3.05) is 11.9 Å². The summed E-state index contributed by atoms with van der Waals surface area (Å²) in [6, 6.07) is 0. The average molecular weight is 252 g/mol. The molecule has 1 atom stereocenters. The number of alkyl halides is 1. The van der Waals surface area contributed by atoms with Crippen LogP contribution in [0.3, 0.4) is 0 Å². The average Bonchev–Trinajstić information content (AvgIpc) is 1.97. The fourth-order valence-electron chi connectivity index (χ4n) is 0.626. The Hall–Kier alpha value is -0.250. The van der Waals surface area contributed by atoms with Crippen LogP contribution in [0, 0.1) is 5.92 Å². The number of hydrogen-bond donors (Lipinski definition) is 1. The van der Waals surface area contributed by atoms with E-state index in [2.05, 4.69) is 21.2 Å². The summed E-state index contributed by atoms with van der Waals surface area (Å²) in [6.07, 6.45) is -0.347. The molecule has 4 heteroatoms. The molecule has 0 bridgehead atoms. The summed E-state index contributed by atoms with van der Waals surface area (Å²) >= 11 is 3.33. The maximum atomic E-state index is 11.1. The Morgan fingerprint density at radius 1 is 1.54 bits per heavy atom. The molecule has 13 heavy (non-hydrogen) atoms. The maximum absolute atomic E-state index is 11.1. The first-order valence-electron chi connectivity index (χ1n) is 4.38. The molecule has 0 unspecified atom stereocenters. The van der Waals surface area contributed by atoms with Crippen LogP contribution in [0.2, 0.25) is 0 Å². The molecule has 0 spiro atoms. The zero-order valence-electron chi connectivity index (χ0n) is 8.69. The zero-order chi connectivity index (χ0) is 10.5. The normalized spacial score (nSPS) is 13.6. The van der Waals surface area contributed by atoms with Crippen molar-refractivity contribution in [1.29, 1.82) is 0 Å². The molecule has 0 aromatic heterocycles. The molecule has 1 amide bonds. The molecule has 0 aromatic rings. The summed E-state index contributed by atoms with van der Waals surface area (Å²) in [5.41, 5.74) is -0.415. The molecular weight excluding hydrogens is 234 g/mol. The topological polar surface area (TPSA) is 38.3 Å². The van der Waals surface area contributed by atoms with Crippen molar-refractivity contribution in [3.63, 3.8) is 0 Å². The predicted molar refractivity (Wildman–Crippen MR) is 57.2 cm³/mol. The van der Waals surface area contributed by atoms with Gasteiger partial charge in [0.1, 0.15) is 5.60 Å². The van der Waals surface area contributed by atoms with E-state index in [4.69, 9.17) is 4.74 Å². The van der Waals surface area contributed by atoms with Crippen LogP contribution in [0.1, 0.15) is 27.7 Å². The fraction of sp³-hybridized carbons (Fsp3) is 0.889. The summed E-state index contributed by atoms with van der Waals surface area (Å²) in [4.78, 5) is 11.1. The van der Waals surface area contributed by atoms with E-state index in [1.54, 1.807) is 0 Å². The summed E-state index contributed by atoms with van der Waals surface area (Å²) in [5, 5.41) is 3.58. The van der Waals surface area contributed by atoms with Crippen molar-refractivity contribution in [1.82, 2.24) is 5.32 Å². The van der Waals surface area contributed by atoms with Gasteiger partial charge in [-0.05, 0) is 26.7 Å². The third-order valence-electron chi connectivity index (χ3n) is 1.26. The Kier molecular flexibility index (Phi) is 5.37. The Morgan fingerprint density at radius 2 is 2.08 bits per heavy atom. The van der Waals surface area contributed by atoms with Gasteiger partial charge in [-0.1, -0.05) is 22.9 Å². The van der Waals surface area contributed by atoms with E-state index in [1.165, 1.54) is 0 Å². The molecule has 0 aliphatic heterocycles. The number of hydrogen-bond acceptors (Lipinski definition) is 2. The van der Waals surface area contributed by atoms with Crippen molar-refractivity contribution in [3.05, 3.63) is 0 Å². The first-order chi connectivity index (χ1) is 5.85. The van der Waals surface area contributed by atoms with Gasteiger partial charge in [-0.15, -0.1) is 0 Å². The van der Waals surface area contributed by atoms with Crippen molar-refractivity contribution < 1.29 is 9.53 Å². The standard InChI is InChI=1S/C9H18BrNO2/c1-7(5-10)6-11-8(12)13-9(2,3)4/h7H,5-6H2,1-4H3,(H,11,12)/t7-/m1/s1. The van der Waals surface area contributed by atoms with Crippen LogP contribution in [-0.2, 0) is 4.74 Å². The lowest BCUT2D eigenvalue weighted by Crippen LogP contribution is -2.35. The van der Waals surface area contributed by atoms with Crippen LogP contribution in [0.25, 0.3) is 0 Å². The van der Waals surface area contributed by atoms with Crippen molar-refractivity contribution >= 4 is 22.0 Å². The third kappa shape index (κ3) is 8.09. The number of ether oxygens (including phenoxy) is 1. The van der Waals surface area contributed by atoms with Gasteiger partial charge in [-0.25, -0.2) is 4.79 Å². The molecule has 0 fully saturated rings. The first kappa shape index (κ1) is 12.8. The van der Waals surface area contributed by atoms with E-state index in [0.29, 0.717) is 12.5 Å². The molecule has 0 radical (unpaired) electrons. The number of rotatable bonds is 3. The highest BCUT2D eigenvalue weighted by Gasteiger charge is 2.15. The number of halogens is 1. The quantitative estimate of drug-likeness (QED) is 0.784. The largest absolute Gasteiger partial charge is 0.444 e. The second-order valence-corrected chi connectivity index (χ2v) is 4.79. The molecule has 0 rings (SSSR count). The third-order valence-corrected chi connectivity index (χ3v) is 2.36. The number of amides is 1. The van der Waals surface area contributed by atoms with E-state index in [1.807, 2.05) is 27.7 Å². The highest BCUT2D eigenvalue weighted by Crippen LogP contribution is 2.06. The van der Waals surface area contributed by atoms with Gasteiger partial charge in [-0.3, -0.25) is 0 Å². The number of carbonyl (C=O) groups excluding carboxylic acids is 1. The Bertz CT molecular complexity index is 165. The van der Waals surface area contributed by atoms with E-state index < -0.39 is 5.60 Å². The smallest absolute Gasteiger partial charge is 0.407 e. The SMILES string of the molecule is C[C@H](CBr)CNC(=O)OC(C)(C)C. The number of carbonyl (C=O) groups is 1. The highest BCUT2D eigenvalue weighted by atomic mass is 79.9. The molecular formula is C9H18BrNO2. The zero-order valence-corrected chi connectivity index (χ0v) is 10.3. The second kappa shape index (κ2) is 5.47. The monoisotopic (exact) mass is 251 g/mol. The van der Waals surface area contributed by atoms with Gasteiger partial charge >= 0.3 is 6.09 Å². The number of nitrogens with one attached hydrogen (secondary N) is 1. The summed E-state index contributed by atoms with van der Waals surface area (Å²) in [5.74, 6) is 0.424. The van der Waals surface area contributed by atoms with Gasteiger partial charge in [0.15, 0.2) is 0 Å². The second-order valence-electron chi connectivity index (χ2n) is 4.14. The summed E-state index contributed by atoms with van der Waals surface area (Å²) < 4.78 is 5.07. The molecule has 0 aliphatic rings. The van der Waals surface area contributed by atoms with Gasteiger partial charge in [0.25, 0.3) is 0 Å². The van der Waals surface area contributed by atoms with Crippen LogP contribution >= 0.6 is 15.9 Å². The fourth-order valence-corrected chi connectivity index (χ4v) is 0.855. The maximum Gasteiger partial charge on any atom is 0.407 e. The summed E-state index contributed by atoms with van der Waals surface area (Å²) in [6.45, 7) is 8.23. The minimum atomic E-state index is -0.415. The van der Waals surface area contributed by atoms with Crippen LogP contribution in [0.5, 0.6) is 0 Å². The van der Waals surface area contributed by atoms with Gasteiger partial charge < -0.3 is 10.1 Å². The van der Waals surface area contributed by atoms with E-state index >= 15 is 0 Å². The number of alkyl carbamates (subject to hydrolysis) is 1. The molecule has 0 aromatic carbocycles. The molecule has 3 nitrogen and oxygen atoms in total. The molecule has 0 heterocycles. The van der Waals surface area contributed by atoms with E-state index in [-0.39, 0.29) is 6.09 Å². The molecule has 0 saturated heterocycles. The van der Waals surface area contributed by atoms with Gasteiger partial charge in [0.2, 0.25) is 0 Å². The summed E-state index contributed by atoms with van der Waals surface area (Å²) in [7, 11) is 0.